The summed E-state index contributed by atoms with van der Waals surface area (Å²) in [5.74, 6) is -0.272. The van der Waals surface area contributed by atoms with Crippen molar-refractivity contribution in [1.82, 2.24) is 44.5 Å². The number of hydrogen-bond acceptors (Lipinski definition) is 15. The lowest BCUT2D eigenvalue weighted by Gasteiger charge is -2.27. The van der Waals surface area contributed by atoms with Gasteiger partial charge in [-0.15, -0.1) is 5.10 Å². The smallest absolute Gasteiger partial charge is 0.280 e. The van der Waals surface area contributed by atoms with Gasteiger partial charge >= 0.3 is 0 Å². The minimum absolute atomic E-state index is 0.00504. The third kappa shape index (κ3) is 4.53. The molecule has 0 saturated carbocycles. The molecule has 18 nitrogen and oxygen atoms in total. The van der Waals surface area contributed by atoms with Crippen LogP contribution in [0.25, 0.3) is 22.3 Å². The zero-order valence-corrected chi connectivity index (χ0v) is 22.3. The zero-order chi connectivity index (χ0) is 29.2. The van der Waals surface area contributed by atoms with Crippen LogP contribution in [0, 0.1) is 0 Å². The Kier molecular flexibility index (Phi) is 6.91. The van der Waals surface area contributed by atoms with E-state index in [0.29, 0.717) is 0 Å². The van der Waals surface area contributed by atoms with Crippen molar-refractivity contribution in [2.75, 3.05) is 24.7 Å². The van der Waals surface area contributed by atoms with Crippen LogP contribution in [0.2, 0.25) is 0 Å². The summed E-state index contributed by atoms with van der Waals surface area (Å²) in [6, 6.07) is 0. The second kappa shape index (κ2) is 10.2. The molecule has 7 N–H and O–H groups in total. The van der Waals surface area contributed by atoms with E-state index in [1.807, 2.05) is 0 Å². The topological polar surface area (TPSA) is 257 Å². The largest absolute Gasteiger partial charge is 0.394 e. The Morgan fingerprint density at radius 1 is 1.12 bits per heavy atom. The van der Waals surface area contributed by atoms with Crippen LogP contribution in [0.1, 0.15) is 12.5 Å². The van der Waals surface area contributed by atoms with E-state index in [4.69, 9.17) is 25.5 Å². The average Bonchev–Trinajstić information content (AvgIpc) is 3.68. The van der Waals surface area contributed by atoms with E-state index >= 15 is 8.78 Å². The number of fused-ring (bicyclic) bond motifs is 2. The van der Waals surface area contributed by atoms with Crippen molar-refractivity contribution in [2.45, 2.75) is 48.8 Å². The number of aromatic nitrogens is 9. The van der Waals surface area contributed by atoms with Crippen LogP contribution in [-0.2, 0) is 18.6 Å². The summed E-state index contributed by atoms with van der Waals surface area (Å²) in [6.07, 6.45) is -9.53. The molecule has 9 atom stereocenters. The number of rotatable bonds is 7. The number of anilines is 2. The maximum atomic E-state index is 15.5. The number of aliphatic hydroxyl groups is 2. The number of alkyl halides is 2. The summed E-state index contributed by atoms with van der Waals surface area (Å²) >= 11 is 4.11. The third-order valence-electron chi connectivity index (χ3n) is 6.82. The zero-order valence-electron chi connectivity index (χ0n) is 20.5. The van der Waals surface area contributed by atoms with Crippen LogP contribution in [-0.4, -0.2) is 104 Å². The number of imidazole rings is 1. The summed E-state index contributed by atoms with van der Waals surface area (Å²) in [6.45, 7) is -5.85. The molecule has 0 aliphatic carbocycles. The first-order valence-corrected chi connectivity index (χ1v) is 14.7. The number of aromatic amines is 1. The average molecular weight is 617 g/mol. The highest BCUT2D eigenvalue weighted by Gasteiger charge is 2.56. The predicted molar refractivity (Wildman–Crippen MR) is 137 cm³/mol. The molecule has 0 spiro atoms. The summed E-state index contributed by atoms with van der Waals surface area (Å²) < 4.78 is 63.1. The number of aliphatic hydroxyl groups excluding tert-OH is 2. The number of nitrogens with two attached hydrogens (primary N) is 2. The maximum absolute atomic E-state index is 15.5. The first-order valence-electron chi connectivity index (χ1n) is 11.9. The lowest BCUT2D eigenvalue weighted by Crippen LogP contribution is -2.33. The van der Waals surface area contributed by atoms with E-state index in [1.54, 1.807) is 0 Å². The molecule has 0 bridgehead atoms. The van der Waals surface area contributed by atoms with Gasteiger partial charge in [-0.3, -0.25) is 18.9 Å². The Hall–Kier alpha value is -3.33. The first kappa shape index (κ1) is 27.8. The van der Waals surface area contributed by atoms with Crippen LogP contribution in [0.4, 0.5) is 20.5 Å². The van der Waals surface area contributed by atoms with E-state index in [1.165, 1.54) is 0 Å². The highest BCUT2D eigenvalue weighted by molar-refractivity contribution is 8.46. The lowest BCUT2D eigenvalue weighted by molar-refractivity contribution is -0.0468. The molecular formula is C19H22F2N11O7PS. The van der Waals surface area contributed by atoms with Gasteiger partial charge in [0, 0.05) is 0 Å². The molecule has 4 aromatic heterocycles. The molecule has 2 fully saturated rings. The van der Waals surface area contributed by atoms with Gasteiger partial charge in [0.1, 0.15) is 36.5 Å². The number of nitrogens with one attached hydrogen (secondary N) is 1. The number of hydrogen-bond donors (Lipinski definition) is 6. The Morgan fingerprint density at radius 3 is 2.63 bits per heavy atom. The Bertz CT molecular complexity index is 1720. The fourth-order valence-electron chi connectivity index (χ4n) is 4.81. The predicted octanol–water partition coefficient (Wildman–Crippen LogP) is -1.15. The van der Waals surface area contributed by atoms with Crippen molar-refractivity contribution in [1.29, 1.82) is 0 Å². The van der Waals surface area contributed by atoms with Gasteiger partial charge in [0.15, 0.2) is 46.8 Å². The molecule has 2 aliphatic heterocycles. The van der Waals surface area contributed by atoms with Gasteiger partial charge in [-0.1, -0.05) is 17.5 Å². The van der Waals surface area contributed by atoms with E-state index < -0.39 is 74.1 Å². The molecule has 41 heavy (non-hydrogen) atoms. The molecule has 0 radical (unpaired) electrons. The molecule has 0 amide bonds. The van der Waals surface area contributed by atoms with Gasteiger partial charge in [-0.25, -0.2) is 23.7 Å². The van der Waals surface area contributed by atoms with Crippen LogP contribution in [0.3, 0.4) is 0 Å². The number of H-pyrrole nitrogens is 1. The SMILES string of the molecule is Nc1nc2c(ncn2C2OC(CO)[C@@H](F)[C@H]2P(=O)(S)OC[C@H]2O[C@@H](n3nnc4c(N)ncnc43)[C@@H](F)[C@@H]2O)c(=O)[nH]1. The minimum atomic E-state index is -4.37. The molecule has 2 saturated heterocycles. The standard InChI is InChI=1S/C19H22F2N11O7PS/c20-7-5(1-33)38-18(31-4-26-10-15(31)27-19(23)28-16(10)35)12(7)40(36,41)37-2-6-11(34)8(21)17(39-6)32-14-9(29-30-32)13(22)24-3-25-14/h3-8,11-12,17-18,33-34H,1-2H2,(H,36,41)(H2,22,24,25)(H3,23,27,28,35)/t5?,6-,7-,8+,11-,12-,17-,18?,40?/m1/s1. The summed E-state index contributed by atoms with van der Waals surface area (Å²) in [7, 11) is 0. The van der Waals surface area contributed by atoms with Gasteiger partial charge in [0.25, 0.3) is 12.1 Å². The van der Waals surface area contributed by atoms with Gasteiger partial charge in [0.05, 0.1) is 19.5 Å². The highest BCUT2D eigenvalue weighted by atomic mass is 32.7. The first-order chi connectivity index (χ1) is 19.5. The normalized spacial score (nSPS) is 31.7. The molecule has 0 aromatic carbocycles. The molecule has 4 aromatic rings. The van der Waals surface area contributed by atoms with Crippen molar-refractivity contribution in [3.63, 3.8) is 0 Å². The molecule has 6 rings (SSSR count). The molecule has 220 valence electrons. The Balaban J connectivity index is 1.25. The molecular weight excluding hydrogens is 595 g/mol. The third-order valence-corrected chi connectivity index (χ3v) is 9.78. The quantitative estimate of drug-likeness (QED) is 0.106. The molecule has 22 heteroatoms. The molecule has 2 aliphatic rings. The minimum Gasteiger partial charge on any atom is -0.394 e. The van der Waals surface area contributed by atoms with Crippen molar-refractivity contribution >= 4 is 52.9 Å². The molecule has 6 heterocycles. The fraction of sp³-hybridized carbons (Fsp3) is 0.526. The second-order valence-corrected chi connectivity index (χ2v) is 12.9. The number of nitrogens with zero attached hydrogens (tertiary/aromatic N) is 8. The van der Waals surface area contributed by atoms with Crippen molar-refractivity contribution in [2.24, 2.45) is 0 Å². The Labute approximate surface area is 231 Å². The van der Waals surface area contributed by atoms with E-state index in [2.05, 4.69) is 47.5 Å². The monoisotopic (exact) mass is 617 g/mol. The number of nitrogen functional groups attached to an aromatic ring is 2. The van der Waals surface area contributed by atoms with E-state index in [0.717, 1.165) is 21.9 Å². The van der Waals surface area contributed by atoms with Crippen LogP contribution in [0.15, 0.2) is 17.4 Å². The maximum Gasteiger partial charge on any atom is 0.280 e. The summed E-state index contributed by atoms with van der Waals surface area (Å²) in [5, 5.41) is 27.8. The summed E-state index contributed by atoms with van der Waals surface area (Å²) in [4.78, 5) is 30.2. The number of halogens is 2. The Morgan fingerprint density at radius 2 is 1.88 bits per heavy atom. The number of thiol groups is 1. The fourth-order valence-corrected chi connectivity index (χ4v) is 7.36. The van der Waals surface area contributed by atoms with E-state index in [9.17, 15) is 19.6 Å². The van der Waals surface area contributed by atoms with Crippen LogP contribution in [0.5, 0.6) is 0 Å². The van der Waals surface area contributed by atoms with Crippen molar-refractivity contribution in [3.05, 3.63) is 23.0 Å². The van der Waals surface area contributed by atoms with Gasteiger partial charge in [-0.2, -0.15) is 9.67 Å². The van der Waals surface area contributed by atoms with Gasteiger partial charge in [0.2, 0.25) is 5.95 Å². The second-order valence-electron chi connectivity index (χ2n) is 9.28. The van der Waals surface area contributed by atoms with Gasteiger partial charge in [-0.05, 0) is 0 Å². The molecule has 3 unspecified atom stereocenters. The van der Waals surface area contributed by atoms with Crippen LogP contribution >= 0.6 is 18.8 Å². The van der Waals surface area contributed by atoms with Crippen LogP contribution < -0.4 is 17.0 Å². The highest BCUT2D eigenvalue weighted by Crippen LogP contribution is 2.64. The van der Waals surface area contributed by atoms with Crippen molar-refractivity contribution in [3.8, 4) is 0 Å². The van der Waals surface area contributed by atoms with E-state index in [-0.39, 0.29) is 34.1 Å². The van der Waals surface area contributed by atoms with Gasteiger partial charge < -0.3 is 35.7 Å². The number of ether oxygens (including phenoxy) is 2. The lowest BCUT2D eigenvalue weighted by atomic mass is 10.1. The summed E-state index contributed by atoms with van der Waals surface area (Å²) in [5.41, 5.74) is 8.88. The van der Waals surface area contributed by atoms with Crippen molar-refractivity contribution < 1.29 is 37.6 Å².